The first-order valence-electron chi connectivity index (χ1n) is 7.65. The molecule has 23 heavy (non-hydrogen) atoms. The topological polar surface area (TPSA) is 25.5 Å². The first kappa shape index (κ1) is 14.2. The standard InChI is InChI=1S/C20H17NOS/c1-12-4-7-15(8-5-12)21-19-11-17-16-10-13(2)6-9-18(16)23-20(17)14(3)22-19/h4-11H,1-3H3. The molecule has 0 spiro atoms. The van der Waals surface area contributed by atoms with Crippen LogP contribution in [0.3, 0.4) is 0 Å². The molecule has 0 bridgehead atoms. The Morgan fingerprint density at radius 1 is 0.826 bits per heavy atom. The fraction of sp³-hybridized carbons (Fsp3) is 0.150. The van der Waals surface area contributed by atoms with Gasteiger partial charge in [0, 0.05) is 21.5 Å². The summed E-state index contributed by atoms with van der Waals surface area (Å²) in [5.41, 5.74) is 4.06. The lowest BCUT2D eigenvalue weighted by Crippen LogP contribution is -1.99. The van der Waals surface area contributed by atoms with Gasteiger partial charge >= 0.3 is 0 Å². The molecule has 4 rings (SSSR count). The van der Waals surface area contributed by atoms with Crippen LogP contribution in [0.5, 0.6) is 0 Å². The Bertz CT molecular complexity index is 1080. The molecule has 2 aromatic carbocycles. The summed E-state index contributed by atoms with van der Waals surface area (Å²) in [6, 6.07) is 16.8. The van der Waals surface area contributed by atoms with Crippen LogP contribution >= 0.6 is 11.3 Å². The zero-order valence-corrected chi connectivity index (χ0v) is 14.2. The average Bonchev–Trinajstić information content (AvgIpc) is 2.88. The van der Waals surface area contributed by atoms with Gasteiger partial charge in [-0.25, -0.2) is 4.99 Å². The second-order valence-corrected chi connectivity index (χ2v) is 6.98. The molecule has 4 aromatic rings. The van der Waals surface area contributed by atoms with E-state index in [1.807, 2.05) is 19.1 Å². The maximum Gasteiger partial charge on any atom is 0.219 e. The number of hydrogen-bond acceptors (Lipinski definition) is 3. The van der Waals surface area contributed by atoms with E-state index in [0.717, 1.165) is 11.4 Å². The summed E-state index contributed by atoms with van der Waals surface area (Å²) in [6.07, 6.45) is 0. The molecule has 3 heteroatoms. The van der Waals surface area contributed by atoms with Gasteiger partial charge in [-0.15, -0.1) is 11.3 Å². The first-order chi connectivity index (χ1) is 11.1. The van der Waals surface area contributed by atoms with E-state index in [0.29, 0.717) is 5.55 Å². The minimum Gasteiger partial charge on any atom is -0.442 e. The number of rotatable bonds is 1. The van der Waals surface area contributed by atoms with Crippen molar-refractivity contribution in [2.45, 2.75) is 20.8 Å². The van der Waals surface area contributed by atoms with Crippen molar-refractivity contribution < 1.29 is 4.42 Å². The van der Waals surface area contributed by atoms with Gasteiger partial charge in [-0.05, 0) is 45.0 Å². The van der Waals surface area contributed by atoms with Crippen molar-refractivity contribution in [3.8, 4) is 0 Å². The van der Waals surface area contributed by atoms with Crippen LogP contribution in [0.25, 0.3) is 20.2 Å². The van der Waals surface area contributed by atoms with Gasteiger partial charge < -0.3 is 4.42 Å². The largest absolute Gasteiger partial charge is 0.442 e. The van der Waals surface area contributed by atoms with E-state index in [1.165, 1.54) is 31.3 Å². The quantitative estimate of drug-likeness (QED) is 0.435. The summed E-state index contributed by atoms with van der Waals surface area (Å²) < 4.78 is 8.42. The number of thiophene rings is 1. The third-order valence-electron chi connectivity index (χ3n) is 4.00. The van der Waals surface area contributed by atoms with Crippen molar-refractivity contribution in [2.24, 2.45) is 4.99 Å². The summed E-state index contributed by atoms with van der Waals surface area (Å²) in [6.45, 7) is 6.21. The highest BCUT2D eigenvalue weighted by Gasteiger charge is 2.09. The van der Waals surface area contributed by atoms with Crippen LogP contribution in [0.4, 0.5) is 5.69 Å². The lowest BCUT2D eigenvalue weighted by Gasteiger charge is -1.98. The van der Waals surface area contributed by atoms with Crippen molar-refractivity contribution in [3.63, 3.8) is 0 Å². The fourth-order valence-corrected chi connectivity index (χ4v) is 3.89. The van der Waals surface area contributed by atoms with Crippen molar-refractivity contribution >= 4 is 37.2 Å². The third kappa shape index (κ3) is 2.57. The minimum atomic E-state index is 0.653. The van der Waals surface area contributed by atoms with Crippen LogP contribution in [-0.2, 0) is 0 Å². The molecule has 0 amide bonds. The van der Waals surface area contributed by atoms with Gasteiger partial charge in [0.1, 0.15) is 5.76 Å². The van der Waals surface area contributed by atoms with Crippen LogP contribution in [-0.4, -0.2) is 0 Å². The van der Waals surface area contributed by atoms with Crippen molar-refractivity contribution in [1.29, 1.82) is 0 Å². The number of hydrogen-bond donors (Lipinski definition) is 0. The molecule has 0 unspecified atom stereocenters. The van der Waals surface area contributed by atoms with E-state index in [9.17, 15) is 0 Å². The van der Waals surface area contributed by atoms with Crippen molar-refractivity contribution in [1.82, 2.24) is 0 Å². The fourth-order valence-electron chi connectivity index (χ4n) is 2.79. The van der Waals surface area contributed by atoms with E-state index in [1.54, 1.807) is 11.3 Å². The van der Waals surface area contributed by atoms with Crippen molar-refractivity contribution in [3.05, 3.63) is 71.0 Å². The number of nitrogens with zero attached hydrogens (tertiary/aromatic N) is 1. The van der Waals surface area contributed by atoms with Gasteiger partial charge in [-0.3, -0.25) is 0 Å². The number of benzene rings is 2. The van der Waals surface area contributed by atoms with E-state index in [4.69, 9.17) is 4.42 Å². The molecular weight excluding hydrogens is 302 g/mol. The molecule has 0 N–H and O–H groups in total. The Morgan fingerprint density at radius 3 is 2.35 bits per heavy atom. The summed E-state index contributed by atoms with van der Waals surface area (Å²) in [5, 5.41) is 2.51. The zero-order valence-electron chi connectivity index (χ0n) is 13.4. The lowest BCUT2D eigenvalue weighted by atomic mass is 10.1. The molecule has 0 aliphatic heterocycles. The second-order valence-electron chi connectivity index (χ2n) is 5.93. The SMILES string of the molecule is Cc1ccc(N=c2cc3c(sc4ccc(C)cc43)c(C)o2)cc1. The number of fused-ring (bicyclic) bond motifs is 3. The molecule has 0 atom stereocenters. The Labute approximate surface area is 138 Å². The maximum atomic E-state index is 5.93. The molecule has 0 radical (unpaired) electrons. The lowest BCUT2D eigenvalue weighted by molar-refractivity contribution is 0.476. The van der Waals surface area contributed by atoms with E-state index in [-0.39, 0.29) is 0 Å². The van der Waals surface area contributed by atoms with Crippen LogP contribution in [0.1, 0.15) is 16.9 Å². The first-order valence-corrected chi connectivity index (χ1v) is 8.47. The Hall–Kier alpha value is -2.39. The summed E-state index contributed by atoms with van der Waals surface area (Å²) >= 11 is 1.78. The Balaban J connectivity index is 2.00. The van der Waals surface area contributed by atoms with E-state index >= 15 is 0 Å². The van der Waals surface area contributed by atoms with Gasteiger partial charge in [0.25, 0.3) is 0 Å². The summed E-state index contributed by atoms with van der Waals surface area (Å²) in [7, 11) is 0. The molecule has 0 aliphatic carbocycles. The van der Waals surface area contributed by atoms with Gasteiger partial charge in [0.05, 0.1) is 10.4 Å². The van der Waals surface area contributed by atoms with Crippen LogP contribution in [0.15, 0.2) is 57.9 Å². The molecule has 2 aromatic heterocycles. The van der Waals surface area contributed by atoms with Gasteiger partial charge in [0.2, 0.25) is 5.55 Å². The molecule has 0 aliphatic rings. The third-order valence-corrected chi connectivity index (χ3v) is 5.29. The Kier molecular flexibility index (Phi) is 3.31. The minimum absolute atomic E-state index is 0.653. The van der Waals surface area contributed by atoms with Crippen LogP contribution in [0, 0.1) is 20.8 Å². The highest BCUT2D eigenvalue weighted by atomic mass is 32.1. The van der Waals surface area contributed by atoms with Gasteiger partial charge in [-0.2, -0.15) is 0 Å². The van der Waals surface area contributed by atoms with Crippen LogP contribution in [0.2, 0.25) is 0 Å². The normalized spacial score (nSPS) is 12.4. The molecule has 2 nitrogen and oxygen atoms in total. The van der Waals surface area contributed by atoms with Crippen LogP contribution < -0.4 is 5.55 Å². The monoisotopic (exact) mass is 319 g/mol. The zero-order chi connectivity index (χ0) is 16.0. The predicted octanol–water partition coefficient (Wildman–Crippen LogP) is 5.81. The molecular formula is C20H17NOS. The van der Waals surface area contributed by atoms with Crippen molar-refractivity contribution in [2.75, 3.05) is 0 Å². The van der Waals surface area contributed by atoms with Gasteiger partial charge in [-0.1, -0.05) is 29.3 Å². The molecule has 114 valence electrons. The maximum absolute atomic E-state index is 5.93. The molecule has 0 saturated carbocycles. The van der Waals surface area contributed by atoms with E-state index < -0.39 is 0 Å². The average molecular weight is 319 g/mol. The smallest absolute Gasteiger partial charge is 0.219 e. The predicted molar refractivity (Wildman–Crippen MR) is 97.5 cm³/mol. The summed E-state index contributed by atoms with van der Waals surface area (Å²) in [4.78, 5) is 4.64. The summed E-state index contributed by atoms with van der Waals surface area (Å²) in [5.74, 6) is 0.923. The second kappa shape index (κ2) is 5.36. The number of aryl methyl sites for hydroxylation is 3. The molecule has 0 fully saturated rings. The molecule has 0 saturated heterocycles. The highest BCUT2D eigenvalue weighted by molar-refractivity contribution is 7.26. The molecule has 2 heterocycles. The van der Waals surface area contributed by atoms with Gasteiger partial charge in [0.15, 0.2) is 0 Å². The highest BCUT2D eigenvalue weighted by Crippen LogP contribution is 2.35. The van der Waals surface area contributed by atoms with E-state index in [2.05, 4.69) is 55.2 Å². The Morgan fingerprint density at radius 2 is 1.57 bits per heavy atom.